The number of hydrogen-bond donors (Lipinski definition) is 1. The van der Waals surface area contributed by atoms with Crippen molar-refractivity contribution in [3.8, 4) is 0 Å². The third-order valence-electron chi connectivity index (χ3n) is 4.72. The highest BCUT2D eigenvalue weighted by molar-refractivity contribution is 7.99. The number of thioether (sulfide) groups is 1. The minimum Gasteiger partial charge on any atom is -0.325 e. The fourth-order valence-corrected chi connectivity index (χ4v) is 5.67. The lowest BCUT2D eigenvalue weighted by Gasteiger charge is -2.11. The van der Waals surface area contributed by atoms with E-state index in [-0.39, 0.29) is 17.0 Å². The van der Waals surface area contributed by atoms with Gasteiger partial charge < -0.3 is 5.32 Å². The van der Waals surface area contributed by atoms with Gasteiger partial charge in [0.1, 0.15) is 16.5 Å². The largest absolute Gasteiger partial charge is 0.325 e. The number of aryl methyl sites for hydroxylation is 2. The summed E-state index contributed by atoms with van der Waals surface area (Å²) in [6, 6.07) is 2.84. The molecule has 1 aliphatic carbocycles. The first-order chi connectivity index (χ1) is 14.0. The second-order valence-electron chi connectivity index (χ2n) is 6.88. The number of nitrogens with zero attached hydrogens (tertiary/aromatic N) is 2. The molecule has 0 bridgehead atoms. The molecule has 0 radical (unpaired) electrons. The van der Waals surface area contributed by atoms with E-state index in [1.807, 2.05) is 6.92 Å². The standard InChI is InChI=1S/C20H19F2N3O2S2/c1-2-6-25-19(27)17-14-4-3-5-15(14)29-18(17)24-20(25)28-10-16(26)23-13-8-11(21)7-12(22)9-13/h7-9H,2-6,10H2,1H3,(H,23,26). The van der Waals surface area contributed by atoms with Gasteiger partial charge in [-0.15, -0.1) is 11.3 Å². The smallest absolute Gasteiger partial charge is 0.263 e. The van der Waals surface area contributed by atoms with Crippen molar-refractivity contribution in [2.45, 2.75) is 44.3 Å². The van der Waals surface area contributed by atoms with Crippen molar-refractivity contribution in [1.29, 1.82) is 0 Å². The third kappa shape index (κ3) is 4.06. The molecule has 0 aliphatic heterocycles. The Morgan fingerprint density at radius 2 is 2.03 bits per heavy atom. The first-order valence-electron chi connectivity index (χ1n) is 9.40. The second kappa shape index (κ2) is 8.23. The summed E-state index contributed by atoms with van der Waals surface area (Å²) in [7, 11) is 0. The summed E-state index contributed by atoms with van der Waals surface area (Å²) in [5.41, 5.74) is 1.14. The number of halogens is 2. The van der Waals surface area contributed by atoms with Crippen LogP contribution < -0.4 is 10.9 Å². The van der Waals surface area contributed by atoms with Gasteiger partial charge in [0.25, 0.3) is 5.56 Å². The number of carbonyl (C=O) groups excluding carboxylic acids is 1. The van der Waals surface area contributed by atoms with E-state index < -0.39 is 17.5 Å². The van der Waals surface area contributed by atoms with Crippen molar-refractivity contribution in [2.75, 3.05) is 11.1 Å². The summed E-state index contributed by atoms with van der Waals surface area (Å²) in [5, 5.41) is 3.69. The lowest BCUT2D eigenvalue weighted by atomic mass is 10.2. The van der Waals surface area contributed by atoms with Crippen LogP contribution in [0.1, 0.15) is 30.2 Å². The molecule has 1 amide bonds. The first-order valence-corrected chi connectivity index (χ1v) is 11.2. The zero-order valence-corrected chi connectivity index (χ0v) is 17.4. The van der Waals surface area contributed by atoms with Gasteiger partial charge in [0, 0.05) is 23.2 Å². The maximum atomic E-state index is 13.3. The van der Waals surface area contributed by atoms with Crippen LogP contribution in [-0.4, -0.2) is 21.2 Å². The van der Waals surface area contributed by atoms with Crippen LogP contribution in [0.2, 0.25) is 0 Å². The van der Waals surface area contributed by atoms with E-state index in [9.17, 15) is 18.4 Å². The monoisotopic (exact) mass is 435 g/mol. The van der Waals surface area contributed by atoms with Crippen molar-refractivity contribution < 1.29 is 13.6 Å². The molecule has 3 aromatic rings. The molecule has 0 atom stereocenters. The summed E-state index contributed by atoms with van der Waals surface area (Å²) in [6.07, 6.45) is 3.74. The van der Waals surface area contributed by atoms with Crippen molar-refractivity contribution in [1.82, 2.24) is 9.55 Å². The second-order valence-corrected chi connectivity index (χ2v) is 8.91. The molecule has 1 N–H and O–H groups in total. The number of anilines is 1. The highest BCUT2D eigenvalue weighted by Gasteiger charge is 2.23. The van der Waals surface area contributed by atoms with Crippen LogP contribution in [-0.2, 0) is 24.2 Å². The Labute approximate surface area is 174 Å². The summed E-state index contributed by atoms with van der Waals surface area (Å²) in [5.74, 6) is -1.97. The van der Waals surface area contributed by atoms with Crippen LogP contribution in [0.5, 0.6) is 0 Å². The number of aromatic nitrogens is 2. The summed E-state index contributed by atoms with van der Waals surface area (Å²) in [6.45, 7) is 2.50. The van der Waals surface area contributed by atoms with Gasteiger partial charge in [-0.05, 0) is 43.4 Å². The van der Waals surface area contributed by atoms with Crippen molar-refractivity contribution in [2.24, 2.45) is 0 Å². The van der Waals surface area contributed by atoms with Gasteiger partial charge in [-0.3, -0.25) is 14.2 Å². The fourth-order valence-electron chi connectivity index (χ4n) is 3.54. The molecular weight excluding hydrogens is 416 g/mol. The van der Waals surface area contributed by atoms with E-state index in [0.29, 0.717) is 11.7 Å². The molecular formula is C20H19F2N3O2S2. The lowest BCUT2D eigenvalue weighted by molar-refractivity contribution is -0.113. The van der Waals surface area contributed by atoms with Gasteiger partial charge in [0.2, 0.25) is 5.91 Å². The highest BCUT2D eigenvalue weighted by atomic mass is 32.2. The number of thiophene rings is 1. The Balaban J connectivity index is 1.57. The van der Waals surface area contributed by atoms with E-state index in [1.54, 1.807) is 15.9 Å². The number of amides is 1. The van der Waals surface area contributed by atoms with Gasteiger partial charge in [-0.1, -0.05) is 18.7 Å². The summed E-state index contributed by atoms with van der Waals surface area (Å²) >= 11 is 2.71. The number of benzene rings is 1. The fraction of sp³-hybridized carbons (Fsp3) is 0.350. The molecule has 1 aliphatic rings. The van der Waals surface area contributed by atoms with Crippen LogP contribution >= 0.6 is 23.1 Å². The lowest BCUT2D eigenvalue weighted by Crippen LogP contribution is -2.24. The highest BCUT2D eigenvalue weighted by Crippen LogP contribution is 2.35. The molecule has 4 rings (SSSR count). The van der Waals surface area contributed by atoms with Crippen molar-refractivity contribution in [3.05, 3.63) is 50.6 Å². The van der Waals surface area contributed by atoms with Crippen molar-refractivity contribution in [3.63, 3.8) is 0 Å². The Bertz CT molecular complexity index is 1140. The van der Waals surface area contributed by atoms with Crippen LogP contribution in [0.25, 0.3) is 10.2 Å². The van der Waals surface area contributed by atoms with Crippen LogP contribution in [0.3, 0.4) is 0 Å². The van der Waals surface area contributed by atoms with Gasteiger partial charge >= 0.3 is 0 Å². The van der Waals surface area contributed by atoms with E-state index in [2.05, 4.69) is 10.3 Å². The Morgan fingerprint density at radius 3 is 2.76 bits per heavy atom. The van der Waals surface area contributed by atoms with Gasteiger partial charge in [0.05, 0.1) is 11.1 Å². The molecule has 0 unspecified atom stereocenters. The quantitative estimate of drug-likeness (QED) is 0.461. The van der Waals surface area contributed by atoms with Gasteiger partial charge in [0.15, 0.2) is 5.16 Å². The topological polar surface area (TPSA) is 64.0 Å². The number of nitrogens with one attached hydrogen (secondary N) is 1. The molecule has 0 saturated carbocycles. The molecule has 9 heteroatoms. The minimum atomic E-state index is -0.761. The van der Waals surface area contributed by atoms with E-state index >= 15 is 0 Å². The Hall–Kier alpha value is -2.26. The average molecular weight is 436 g/mol. The predicted molar refractivity (Wildman–Crippen MR) is 112 cm³/mol. The molecule has 0 saturated heterocycles. The van der Waals surface area contributed by atoms with Gasteiger partial charge in [-0.2, -0.15) is 0 Å². The minimum absolute atomic E-state index is 0.0229. The average Bonchev–Trinajstić information content (AvgIpc) is 3.22. The third-order valence-corrected chi connectivity index (χ3v) is 6.88. The number of fused-ring (bicyclic) bond motifs is 3. The SMILES string of the molecule is CCCn1c(SCC(=O)Nc2cc(F)cc(F)c2)nc2sc3c(c2c1=O)CCC3. The molecule has 5 nitrogen and oxygen atoms in total. The van der Waals surface area contributed by atoms with Crippen LogP contribution in [0.15, 0.2) is 28.2 Å². The number of carbonyl (C=O) groups is 1. The molecule has 152 valence electrons. The van der Waals surface area contributed by atoms with E-state index in [4.69, 9.17) is 0 Å². The molecule has 2 heterocycles. The zero-order chi connectivity index (χ0) is 20.5. The maximum absolute atomic E-state index is 13.3. The normalized spacial score (nSPS) is 13.1. The number of hydrogen-bond acceptors (Lipinski definition) is 5. The first kappa shape index (κ1) is 20.0. The van der Waals surface area contributed by atoms with Crippen LogP contribution in [0.4, 0.5) is 14.5 Å². The van der Waals surface area contributed by atoms with Crippen molar-refractivity contribution >= 4 is 44.9 Å². The summed E-state index contributed by atoms with van der Waals surface area (Å²) < 4.78 is 28.2. The molecule has 0 fully saturated rings. The predicted octanol–water partition coefficient (Wildman–Crippen LogP) is 4.37. The van der Waals surface area contributed by atoms with E-state index in [0.717, 1.165) is 71.4 Å². The molecule has 0 spiro atoms. The molecule has 2 aromatic heterocycles. The number of rotatable bonds is 6. The molecule has 29 heavy (non-hydrogen) atoms. The zero-order valence-electron chi connectivity index (χ0n) is 15.8. The maximum Gasteiger partial charge on any atom is 0.263 e. The van der Waals surface area contributed by atoms with E-state index in [1.165, 1.54) is 4.88 Å². The van der Waals surface area contributed by atoms with Gasteiger partial charge in [-0.25, -0.2) is 13.8 Å². The Kier molecular flexibility index (Phi) is 5.69. The summed E-state index contributed by atoms with van der Waals surface area (Å²) in [4.78, 5) is 32.0. The Morgan fingerprint density at radius 1 is 1.28 bits per heavy atom. The van der Waals surface area contributed by atoms with Crippen LogP contribution in [0, 0.1) is 11.6 Å². The molecule has 1 aromatic carbocycles.